The summed E-state index contributed by atoms with van der Waals surface area (Å²) in [5.74, 6) is -0.0616. The normalized spacial score (nSPS) is 21.1. The van der Waals surface area contributed by atoms with Crippen LogP contribution in [0.25, 0.3) is 0 Å². The van der Waals surface area contributed by atoms with Crippen molar-refractivity contribution in [2.24, 2.45) is 5.73 Å². The third kappa shape index (κ3) is 5.06. The van der Waals surface area contributed by atoms with Crippen molar-refractivity contribution in [3.63, 3.8) is 0 Å². The Bertz CT molecular complexity index is 337. The van der Waals surface area contributed by atoms with Crippen molar-refractivity contribution < 1.29 is 14.3 Å². The second-order valence-corrected chi connectivity index (χ2v) is 6.00. The Morgan fingerprint density at radius 2 is 2.11 bits per heavy atom. The summed E-state index contributed by atoms with van der Waals surface area (Å²) in [6.07, 6.45) is 1.38. The van der Waals surface area contributed by atoms with Crippen LogP contribution in [0.2, 0.25) is 0 Å². The number of ether oxygens (including phenoxy) is 1. The molecule has 6 nitrogen and oxygen atoms in total. The van der Waals surface area contributed by atoms with Crippen LogP contribution in [0.5, 0.6) is 0 Å². The highest BCUT2D eigenvalue weighted by Crippen LogP contribution is 2.17. The first-order valence-electron chi connectivity index (χ1n) is 6.73. The summed E-state index contributed by atoms with van der Waals surface area (Å²) in [4.78, 5) is 25.2. The van der Waals surface area contributed by atoms with E-state index < -0.39 is 17.7 Å². The topological polar surface area (TPSA) is 84.7 Å². The van der Waals surface area contributed by atoms with Crippen molar-refractivity contribution in [1.29, 1.82) is 0 Å². The zero-order valence-electron chi connectivity index (χ0n) is 12.2. The van der Waals surface area contributed by atoms with Crippen molar-refractivity contribution in [2.75, 3.05) is 13.1 Å². The van der Waals surface area contributed by atoms with Crippen LogP contribution < -0.4 is 11.1 Å². The smallest absolute Gasteiger partial charge is 0.407 e. The molecule has 0 bridgehead atoms. The lowest BCUT2D eigenvalue weighted by atomic mass is 10.2. The zero-order chi connectivity index (χ0) is 14.6. The fourth-order valence-corrected chi connectivity index (χ4v) is 2.11. The van der Waals surface area contributed by atoms with E-state index in [1.165, 1.54) is 0 Å². The Morgan fingerprint density at radius 1 is 1.47 bits per heavy atom. The number of likely N-dealkylation sites (tertiary alicyclic amines) is 1. The number of carbonyl (C=O) groups excluding carboxylic acids is 2. The van der Waals surface area contributed by atoms with E-state index in [1.54, 1.807) is 11.8 Å². The molecule has 0 aromatic heterocycles. The van der Waals surface area contributed by atoms with Crippen LogP contribution in [0.15, 0.2) is 0 Å². The third-order valence-electron chi connectivity index (χ3n) is 2.93. The molecule has 1 unspecified atom stereocenters. The molecule has 1 heterocycles. The zero-order valence-corrected chi connectivity index (χ0v) is 12.2. The van der Waals surface area contributed by atoms with Gasteiger partial charge in [-0.25, -0.2) is 4.79 Å². The van der Waals surface area contributed by atoms with E-state index in [2.05, 4.69) is 5.32 Å². The van der Waals surface area contributed by atoms with Crippen LogP contribution >= 0.6 is 0 Å². The lowest BCUT2D eigenvalue weighted by Crippen LogP contribution is -2.48. The number of carbonyl (C=O) groups is 2. The number of nitrogens with zero attached hydrogens (tertiary/aromatic N) is 1. The standard InChI is InChI=1S/C13H25N3O3/c1-9(14)11(17)16-7-5-6-10(16)8-15-12(18)19-13(2,3)4/h9-10H,5-8,14H2,1-4H3,(H,15,18)/t9-,10?/m0/s1. The molecule has 19 heavy (non-hydrogen) atoms. The molecule has 3 N–H and O–H groups in total. The highest BCUT2D eigenvalue weighted by atomic mass is 16.6. The lowest BCUT2D eigenvalue weighted by molar-refractivity contribution is -0.132. The van der Waals surface area contributed by atoms with E-state index in [9.17, 15) is 9.59 Å². The maximum absolute atomic E-state index is 11.9. The van der Waals surface area contributed by atoms with E-state index in [-0.39, 0.29) is 11.9 Å². The molecule has 2 amide bonds. The molecular formula is C13H25N3O3. The van der Waals surface area contributed by atoms with E-state index in [4.69, 9.17) is 10.5 Å². The van der Waals surface area contributed by atoms with Crippen LogP contribution in [0.4, 0.5) is 4.79 Å². The predicted molar refractivity (Wildman–Crippen MR) is 72.6 cm³/mol. The Hall–Kier alpha value is -1.30. The monoisotopic (exact) mass is 271 g/mol. The first kappa shape index (κ1) is 15.8. The maximum Gasteiger partial charge on any atom is 0.407 e. The predicted octanol–water partition coefficient (Wildman–Crippen LogP) is 0.849. The van der Waals surface area contributed by atoms with E-state index in [0.717, 1.165) is 12.8 Å². The molecule has 0 aromatic carbocycles. The van der Waals surface area contributed by atoms with Gasteiger partial charge in [0.05, 0.1) is 6.04 Å². The summed E-state index contributed by atoms with van der Waals surface area (Å²) >= 11 is 0. The number of hydrogen-bond acceptors (Lipinski definition) is 4. The van der Waals surface area contributed by atoms with Gasteiger partial charge < -0.3 is 20.7 Å². The molecule has 2 atom stereocenters. The Morgan fingerprint density at radius 3 is 2.63 bits per heavy atom. The van der Waals surface area contributed by atoms with Crippen LogP contribution in [-0.4, -0.2) is 47.7 Å². The van der Waals surface area contributed by atoms with Gasteiger partial charge in [-0.2, -0.15) is 0 Å². The molecule has 1 fully saturated rings. The maximum atomic E-state index is 11.9. The molecule has 0 spiro atoms. The highest BCUT2D eigenvalue weighted by molar-refractivity contribution is 5.81. The number of hydrogen-bond donors (Lipinski definition) is 2. The van der Waals surface area contributed by atoms with E-state index >= 15 is 0 Å². The lowest BCUT2D eigenvalue weighted by Gasteiger charge is -2.27. The molecule has 1 aliphatic rings. The van der Waals surface area contributed by atoms with Gasteiger partial charge in [0.15, 0.2) is 0 Å². The molecular weight excluding hydrogens is 246 g/mol. The molecule has 110 valence electrons. The first-order valence-corrected chi connectivity index (χ1v) is 6.73. The number of nitrogens with two attached hydrogens (primary N) is 1. The first-order chi connectivity index (χ1) is 8.70. The minimum Gasteiger partial charge on any atom is -0.444 e. The summed E-state index contributed by atoms with van der Waals surface area (Å²) in [5.41, 5.74) is 5.10. The van der Waals surface area contributed by atoms with Crippen molar-refractivity contribution in [3.05, 3.63) is 0 Å². The number of amides is 2. The van der Waals surface area contributed by atoms with E-state index in [1.807, 2.05) is 20.8 Å². The van der Waals surface area contributed by atoms with Gasteiger partial charge in [-0.1, -0.05) is 0 Å². The molecule has 0 aliphatic carbocycles. The Kier molecular flexibility index (Phi) is 5.17. The summed E-state index contributed by atoms with van der Waals surface area (Å²) < 4.78 is 5.16. The summed E-state index contributed by atoms with van der Waals surface area (Å²) in [7, 11) is 0. The quantitative estimate of drug-likeness (QED) is 0.797. The van der Waals surface area contributed by atoms with E-state index in [0.29, 0.717) is 13.1 Å². The minimum absolute atomic E-state index is 0.0195. The van der Waals surface area contributed by atoms with Crippen molar-refractivity contribution in [3.8, 4) is 0 Å². The van der Waals surface area contributed by atoms with Crippen molar-refractivity contribution >= 4 is 12.0 Å². The molecule has 1 aliphatic heterocycles. The fraction of sp³-hybridized carbons (Fsp3) is 0.846. The van der Waals surface area contributed by atoms with Gasteiger partial charge in [0, 0.05) is 19.1 Å². The summed E-state index contributed by atoms with van der Waals surface area (Å²) in [6.45, 7) is 8.24. The molecule has 6 heteroatoms. The van der Waals surface area contributed by atoms with Crippen LogP contribution in [-0.2, 0) is 9.53 Å². The van der Waals surface area contributed by atoms with Gasteiger partial charge in [-0.15, -0.1) is 0 Å². The van der Waals surface area contributed by atoms with Gasteiger partial charge >= 0.3 is 6.09 Å². The number of rotatable bonds is 3. The van der Waals surface area contributed by atoms with Gasteiger partial charge in [0.25, 0.3) is 0 Å². The molecule has 0 saturated carbocycles. The van der Waals surface area contributed by atoms with Gasteiger partial charge in [-0.05, 0) is 40.5 Å². The average molecular weight is 271 g/mol. The Labute approximate surface area is 114 Å². The average Bonchev–Trinajstić information content (AvgIpc) is 2.70. The second kappa shape index (κ2) is 6.23. The molecule has 1 saturated heterocycles. The fourth-order valence-electron chi connectivity index (χ4n) is 2.11. The molecule has 1 rings (SSSR count). The SMILES string of the molecule is C[C@H](N)C(=O)N1CCCC1CNC(=O)OC(C)(C)C. The minimum atomic E-state index is -0.513. The van der Waals surface area contributed by atoms with Gasteiger partial charge in [-0.3, -0.25) is 4.79 Å². The largest absolute Gasteiger partial charge is 0.444 e. The van der Waals surface area contributed by atoms with Gasteiger partial charge in [0.1, 0.15) is 5.60 Å². The van der Waals surface area contributed by atoms with Crippen LogP contribution in [0.3, 0.4) is 0 Å². The Balaban J connectivity index is 2.44. The third-order valence-corrected chi connectivity index (χ3v) is 2.93. The summed E-state index contributed by atoms with van der Waals surface area (Å²) in [6, 6.07) is -0.479. The molecule has 0 aromatic rings. The summed E-state index contributed by atoms with van der Waals surface area (Å²) in [5, 5.41) is 2.71. The van der Waals surface area contributed by atoms with Crippen molar-refractivity contribution in [2.45, 2.75) is 58.2 Å². The highest BCUT2D eigenvalue weighted by Gasteiger charge is 2.30. The number of nitrogens with one attached hydrogen (secondary N) is 1. The second-order valence-electron chi connectivity index (χ2n) is 6.00. The van der Waals surface area contributed by atoms with Crippen molar-refractivity contribution in [1.82, 2.24) is 10.2 Å². The van der Waals surface area contributed by atoms with Crippen LogP contribution in [0.1, 0.15) is 40.5 Å². The van der Waals surface area contributed by atoms with Crippen LogP contribution in [0, 0.1) is 0 Å². The van der Waals surface area contributed by atoms with Gasteiger partial charge in [0.2, 0.25) is 5.91 Å². The number of alkyl carbamates (subject to hydrolysis) is 1. The molecule has 0 radical (unpaired) electrons.